The molecule has 0 aliphatic carbocycles. The number of hydrogen-bond donors (Lipinski definition) is 1. The van der Waals surface area contributed by atoms with Gasteiger partial charge in [-0.3, -0.25) is 5.10 Å². The molecule has 2 aromatic rings. The van der Waals surface area contributed by atoms with Crippen LogP contribution in [0.15, 0.2) is 12.3 Å². The van der Waals surface area contributed by atoms with Gasteiger partial charge < -0.3 is 0 Å². The van der Waals surface area contributed by atoms with E-state index in [9.17, 15) is 13.2 Å². The molecule has 0 aliphatic rings. The van der Waals surface area contributed by atoms with Gasteiger partial charge in [-0.15, -0.1) is 0 Å². The smallest absolute Gasteiger partial charge is 0.271 e. The Balaban J connectivity index is 2.73. The summed E-state index contributed by atoms with van der Waals surface area (Å²) in [4.78, 5) is 3.64. The average Bonchev–Trinajstić information content (AvgIpc) is 2.45. The van der Waals surface area contributed by atoms with Crippen molar-refractivity contribution in [1.29, 1.82) is 0 Å². The first kappa shape index (κ1) is 9.26. The zero-order valence-electron chi connectivity index (χ0n) is 6.56. The average molecular weight is 222 g/mol. The number of hydrogen-bond acceptors (Lipinski definition) is 2. The van der Waals surface area contributed by atoms with Gasteiger partial charge in [-0.25, -0.2) is 4.98 Å². The van der Waals surface area contributed by atoms with Crippen molar-refractivity contribution in [3.8, 4) is 0 Å². The molecule has 0 fully saturated rings. The van der Waals surface area contributed by atoms with Crippen molar-refractivity contribution in [2.75, 3.05) is 0 Å². The molecule has 3 nitrogen and oxygen atoms in total. The summed E-state index contributed by atoms with van der Waals surface area (Å²) in [6, 6.07) is 1.18. The fourth-order valence-electron chi connectivity index (χ4n) is 1.09. The highest BCUT2D eigenvalue weighted by Gasteiger charge is 2.35. The van der Waals surface area contributed by atoms with Crippen LogP contribution in [-0.4, -0.2) is 15.2 Å². The highest BCUT2D eigenvalue weighted by molar-refractivity contribution is 6.31. The van der Waals surface area contributed by atoms with Crippen LogP contribution in [0.5, 0.6) is 0 Å². The molecule has 0 spiro atoms. The Hall–Kier alpha value is -1.30. The summed E-state index contributed by atoms with van der Waals surface area (Å²) in [5.74, 6) is 0. The van der Waals surface area contributed by atoms with E-state index in [0.29, 0.717) is 0 Å². The van der Waals surface area contributed by atoms with Gasteiger partial charge in [-0.05, 0) is 6.07 Å². The lowest BCUT2D eigenvalue weighted by Crippen LogP contribution is -2.05. The molecule has 0 amide bonds. The molecule has 2 rings (SSSR count). The number of aromatic nitrogens is 3. The van der Waals surface area contributed by atoms with Crippen molar-refractivity contribution in [2.45, 2.75) is 6.18 Å². The summed E-state index contributed by atoms with van der Waals surface area (Å²) in [5, 5.41) is 5.32. The normalized spacial score (nSPS) is 12.3. The highest BCUT2D eigenvalue weighted by Crippen LogP contribution is 2.32. The molecule has 0 aliphatic heterocycles. The van der Waals surface area contributed by atoms with Crippen LogP contribution < -0.4 is 0 Å². The maximum Gasteiger partial charge on any atom is 0.433 e. The predicted octanol–water partition coefficient (Wildman–Crippen LogP) is 2.63. The van der Waals surface area contributed by atoms with Gasteiger partial charge in [0.1, 0.15) is 5.69 Å². The zero-order valence-corrected chi connectivity index (χ0v) is 7.32. The van der Waals surface area contributed by atoms with Crippen molar-refractivity contribution in [1.82, 2.24) is 15.2 Å². The lowest BCUT2D eigenvalue weighted by molar-refractivity contribution is -0.139. The van der Waals surface area contributed by atoms with E-state index >= 15 is 0 Å². The van der Waals surface area contributed by atoms with E-state index < -0.39 is 11.9 Å². The summed E-state index contributed by atoms with van der Waals surface area (Å²) >= 11 is 5.53. The number of nitrogens with zero attached hydrogens (tertiary/aromatic N) is 2. The van der Waals surface area contributed by atoms with Crippen LogP contribution in [0.4, 0.5) is 13.2 Å². The van der Waals surface area contributed by atoms with E-state index in [-0.39, 0.29) is 16.1 Å². The third-order valence-corrected chi connectivity index (χ3v) is 1.87. The van der Waals surface area contributed by atoms with Crippen LogP contribution in [-0.2, 0) is 6.18 Å². The minimum Gasteiger partial charge on any atom is -0.271 e. The van der Waals surface area contributed by atoms with Gasteiger partial charge in [0.2, 0.25) is 0 Å². The number of halogens is 4. The molecular formula is C7H3ClF3N3. The van der Waals surface area contributed by atoms with Gasteiger partial charge in [0.05, 0.1) is 10.4 Å². The van der Waals surface area contributed by atoms with Crippen molar-refractivity contribution in [2.24, 2.45) is 0 Å². The second-order valence-electron chi connectivity index (χ2n) is 2.62. The zero-order chi connectivity index (χ0) is 10.3. The standard InChI is InChI=1S/C7H3ClF3N3/c8-3-1-4-5(7(9,10)11)13-14-6(4)12-2-3/h1-2H,(H,12,13,14). The fourth-order valence-corrected chi connectivity index (χ4v) is 1.25. The third-order valence-electron chi connectivity index (χ3n) is 1.66. The van der Waals surface area contributed by atoms with Crippen LogP contribution in [0.25, 0.3) is 11.0 Å². The SMILES string of the molecule is FC(F)(F)c1[nH]nc2ncc(Cl)cc12. The molecular weight excluding hydrogens is 219 g/mol. The van der Waals surface area contributed by atoms with Crippen molar-refractivity contribution < 1.29 is 13.2 Å². The summed E-state index contributed by atoms with van der Waals surface area (Å²) in [6.07, 6.45) is -3.23. The Morgan fingerprint density at radius 1 is 1.36 bits per heavy atom. The van der Waals surface area contributed by atoms with Gasteiger partial charge in [-0.2, -0.15) is 18.3 Å². The molecule has 7 heteroatoms. The van der Waals surface area contributed by atoms with Gasteiger partial charge in [-0.1, -0.05) is 11.6 Å². The Morgan fingerprint density at radius 3 is 2.71 bits per heavy atom. The first-order valence-electron chi connectivity index (χ1n) is 3.55. The first-order chi connectivity index (χ1) is 6.48. The topological polar surface area (TPSA) is 41.6 Å². The van der Waals surface area contributed by atoms with E-state index in [2.05, 4.69) is 10.1 Å². The molecule has 14 heavy (non-hydrogen) atoms. The van der Waals surface area contributed by atoms with E-state index in [1.165, 1.54) is 12.3 Å². The molecule has 0 aromatic carbocycles. The number of H-pyrrole nitrogens is 1. The highest BCUT2D eigenvalue weighted by atomic mass is 35.5. The monoisotopic (exact) mass is 221 g/mol. The summed E-state index contributed by atoms with van der Waals surface area (Å²) in [7, 11) is 0. The third kappa shape index (κ3) is 1.41. The molecule has 2 aromatic heterocycles. The van der Waals surface area contributed by atoms with Gasteiger partial charge in [0, 0.05) is 6.20 Å². The number of aromatic amines is 1. The lowest BCUT2D eigenvalue weighted by Gasteiger charge is -2.02. The van der Waals surface area contributed by atoms with Crippen LogP contribution in [0, 0.1) is 0 Å². The molecule has 0 atom stereocenters. The van der Waals surface area contributed by atoms with E-state index in [0.717, 1.165) is 0 Å². The second kappa shape index (κ2) is 2.84. The summed E-state index contributed by atoms with van der Waals surface area (Å²) < 4.78 is 37.0. The lowest BCUT2D eigenvalue weighted by atomic mass is 10.2. The van der Waals surface area contributed by atoms with Gasteiger partial charge >= 0.3 is 6.18 Å². The molecule has 0 radical (unpaired) electrons. The van der Waals surface area contributed by atoms with E-state index in [4.69, 9.17) is 11.6 Å². The molecule has 0 bridgehead atoms. The van der Waals surface area contributed by atoms with E-state index in [1.54, 1.807) is 0 Å². The van der Waals surface area contributed by atoms with E-state index in [1.807, 2.05) is 5.10 Å². The number of nitrogens with one attached hydrogen (secondary N) is 1. The summed E-state index contributed by atoms with van der Waals surface area (Å²) in [5.41, 5.74) is -0.927. The second-order valence-corrected chi connectivity index (χ2v) is 3.06. The fraction of sp³-hybridized carbons (Fsp3) is 0.143. The molecule has 0 saturated carbocycles. The van der Waals surface area contributed by atoms with Crippen molar-refractivity contribution in [3.05, 3.63) is 23.0 Å². The van der Waals surface area contributed by atoms with Crippen LogP contribution in [0.2, 0.25) is 5.02 Å². The van der Waals surface area contributed by atoms with Gasteiger partial charge in [0.25, 0.3) is 0 Å². The quantitative estimate of drug-likeness (QED) is 0.743. The number of alkyl halides is 3. The maximum atomic E-state index is 12.3. The van der Waals surface area contributed by atoms with Crippen LogP contribution in [0.3, 0.4) is 0 Å². The summed E-state index contributed by atoms with van der Waals surface area (Å²) in [6.45, 7) is 0. The Labute approximate surface area is 80.9 Å². The maximum absolute atomic E-state index is 12.3. The van der Waals surface area contributed by atoms with Crippen LogP contribution >= 0.6 is 11.6 Å². The Morgan fingerprint density at radius 2 is 2.07 bits per heavy atom. The Bertz CT molecular complexity index is 476. The molecule has 74 valence electrons. The van der Waals surface area contributed by atoms with Crippen LogP contribution in [0.1, 0.15) is 5.69 Å². The molecule has 2 heterocycles. The number of pyridine rings is 1. The first-order valence-corrected chi connectivity index (χ1v) is 3.93. The Kier molecular flexibility index (Phi) is 1.88. The van der Waals surface area contributed by atoms with Gasteiger partial charge in [0.15, 0.2) is 5.65 Å². The predicted molar refractivity (Wildman–Crippen MR) is 43.9 cm³/mol. The number of fused-ring (bicyclic) bond motifs is 1. The molecule has 1 N–H and O–H groups in total. The molecule has 0 saturated heterocycles. The largest absolute Gasteiger partial charge is 0.433 e. The number of rotatable bonds is 0. The van der Waals surface area contributed by atoms with Crippen molar-refractivity contribution in [3.63, 3.8) is 0 Å². The van der Waals surface area contributed by atoms with Crippen molar-refractivity contribution >= 4 is 22.6 Å². The molecule has 0 unspecified atom stereocenters. The minimum atomic E-state index is -4.47. The minimum absolute atomic E-state index is 0.00160.